The number of nitrogens with two attached hydrogens (primary N) is 1. The molecule has 2 unspecified atom stereocenters. The first-order valence-corrected chi connectivity index (χ1v) is 5.83. The fourth-order valence-electron chi connectivity index (χ4n) is 1.81. The van der Waals surface area contributed by atoms with Crippen molar-refractivity contribution in [2.75, 3.05) is 13.6 Å². The summed E-state index contributed by atoms with van der Waals surface area (Å²) in [4.78, 5) is 0. The topological polar surface area (TPSA) is 38.0 Å². The molecule has 2 atom stereocenters. The molecule has 4 heteroatoms. The van der Waals surface area contributed by atoms with Crippen molar-refractivity contribution in [3.05, 3.63) is 34.6 Å². The summed E-state index contributed by atoms with van der Waals surface area (Å²) >= 11 is 5.85. The number of hydrogen-bond donors (Lipinski definition) is 2. The Morgan fingerprint density at radius 3 is 2.75 bits per heavy atom. The summed E-state index contributed by atoms with van der Waals surface area (Å²) in [5.74, 6) is -0.0792. The van der Waals surface area contributed by atoms with Gasteiger partial charge in [-0.05, 0) is 37.7 Å². The lowest BCUT2D eigenvalue weighted by Crippen LogP contribution is -2.29. The van der Waals surface area contributed by atoms with Crippen LogP contribution in [0.1, 0.15) is 24.9 Å². The van der Waals surface area contributed by atoms with Gasteiger partial charge in [-0.15, -0.1) is 0 Å². The van der Waals surface area contributed by atoms with Gasteiger partial charge in [0, 0.05) is 16.6 Å². The Labute approximate surface area is 101 Å². The molecule has 0 bridgehead atoms. The molecule has 90 valence electrons. The molecule has 0 aliphatic heterocycles. The lowest BCUT2D eigenvalue weighted by Gasteiger charge is -2.23. The molecule has 3 N–H and O–H groups in total. The molecule has 16 heavy (non-hydrogen) atoms. The van der Waals surface area contributed by atoms with Crippen molar-refractivity contribution in [2.24, 2.45) is 11.7 Å². The van der Waals surface area contributed by atoms with Crippen molar-refractivity contribution in [1.82, 2.24) is 5.32 Å². The first-order valence-electron chi connectivity index (χ1n) is 5.45. The second-order valence-corrected chi connectivity index (χ2v) is 4.35. The minimum atomic E-state index is -0.323. The molecular formula is C12H18ClFN2. The number of benzene rings is 1. The monoisotopic (exact) mass is 244 g/mol. The summed E-state index contributed by atoms with van der Waals surface area (Å²) in [6.07, 6.45) is 0.897. The van der Waals surface area contributed by atoms with E-state index in [1.165, 1.54) is 12.1 Å². The molecule has 1 aromatic carbocycles. The smallest absolute Gasteiger partial charge is 0.128 e. The van der Waals surface area contributed by atoms with Gasteiger partial charge < -0.3 is 11.1 Å². The molecule has 2 nitrogen and oxygen atoms in total. The van der Waals surface area contributed by atoms with Crippen LogP contribution in [0.4, 0.5) is 4.39 Å². The van der Waals surface area contributed by atoms with Crippen molar-refractivity contribution >= 4 is 11.6 Å². The summed E-state index contributed by atoms with van der Waals surface area (Å²) in [6, 6.07) is 4.19. The zero-order chi connectivity index (χ0) is 12.1. The van der Waals surface area contributed by atoms with Gasteiger partial charge in [0.05, 0.1) is 0 Å². The van der Waals surface area contributed by atoms with Crippen LogP contribution in [0, 0.1) is 11.7 Å². The van der Waals surface area contributed by atoms with E-state index in [1.54, 1.807) is 6.07 Å². The Balaban J connectivity index is 2.93. The average molecular weight is 245 g/mol. The highest BCUT2D eigenvalue weighted by atomic mass is 35.5. The number of hydrogen-bond acceptors (Lipinski definition) is 2. The van der Waals surface area contributed by atoms with Crippen LogP contribution in [0.3, 0.4) is 0 Å². The lowest BCUT2D eigenvalue weighted by molar-refractivity contribution is 0.392. The zero-order valence-corrected chi connectivity index (χ0v) is 10.4. The van der Waals surface area contributed by atoms with Crippen LogP contribution in [-0.4, -0.2) is 13.6 Å². The fraction of sp³-hybridized carbons (Fsp3) is 0.500. The van der Waals surface area contributed by atoms with E-state index in [4.69, 9.17) is 17.3 Å². The first-order chi connectivity index (χ1) is 7.60. The first kappa shape index (κ1) is 13.4. The number of rotatable bonds is 5. The largest absolute Gasteiger partial charge is 0.324 e. The second kappa shape index (κ2) is 6.18. The predicted octanol–water partition coefficient (Wildman–Crippen LogP) is 2.72. The van der Waals surface area contributed by atoms with E-state index in [0.29, 0.717) is 10.6 Å². The van der Waals surface area contributed by atoms with E-state index in [9.17, 15) is 4.39 Å². The average Bonchev–Trinajstić information content (AvgIpc) is 2.28. The van der Waals surface area contributed by atoms with Gasteiger partial charge in [0.15, 0.2) is 0 Å². The van der Waals surface area contributed by atoms with E-state index < -0.39 is 0 Å². The van der Waals surface area contributed by atoms with Crippen LogP contribution in [0.25, 0.3) is 0 Å². The minimum Gasteiger partial charge on any atom is -0.324 e. The van der Waals surface area contributed by atoms with Gasteiger partial charge in [-0.25, -0.2) is 4.39 Å². The molecule has 0 aromatic heterocycles. The molecule has 0 heterocycles. The van der Waals surface area contributed by atoms with Crippen molar-refractivity contribution in [3.8, 4) is 0 Å². The summed E-state index contributed by atoms with van der Waals surface area (Å²) in [5, 5.41) is 3.59. The standard InChI is InChI=1S/C12H18ClFN2/c1-3-8(7-16-2)12(15)10-6-9(13)4-5-11(10)14/h4-6,8,12,16H,3,7,15H2,1-2H3. The molecule has 0 radical (unpaired) electrons. The van der Waals surface area contributed by atoms with Crippen LogP contribution >= 0.6 is 11.6 Å². The third kappa shape index (κ3) is 3.17. The summed E-state index contributed by atoms with van der Waals surface area (Å²) in [7, 11) is 1.86. The van der Waals surface area contributed by atoms with Gasteiger partial charge in [0.1, 0.15) is 5.82 Å². The normalized spacial score (nSPS) is 14.8. The molecule has 0 saturated heterocycles. The highest BCUT2D eigenvalue weighted by Gasteiger charge is 2.20. The molecular weight excluding hydrogens is 227 g/mol. The Bertz CT molecular complexity index is 344. The van der Waals surface area contributed by atoms with E-state index in [2.05, 4.69) is 5.32 Å². The molecule has 1 aromatic rings. The van der Waals surface area contributed by atoms with Crippen LogP contribution < -0.4 is 11.1 Å². The Morgan fingerprint density at radius 2 is 2.19 bits per heavy atom. The third-order valence-electron chi connectivity index (χ3n) is 2.82. The molecule has 0 aliphatic carbocycles. The summed E-state index contributed by atoms with van der Waals surface area (Å²) in [5.41, 5.74) is 6.56. The summed E-state index contributed by atoms with van der Waals surface area (Å²) in [6.45, 7) is 2.81. The molecule has 0 fully saturated rings. The van der Waals surface area contributed by atoms with Gasteiger partial charge in [0.2, 0.25) is 0 Å². The molecule has 1 rings (SSSR count). The highest BCUT2D eigenvalue weighted by Crippen LogP contribution is 2.26. The van der Waals surface area contributed by atoms with Crippen molar-refractivity contribution in [1.29, 1.82) is 0 Å². The second-order valence-electron chi connectivity index (χ2n) is 3.92. The Hall–Kier alpha value is -0.640. The SMILES string of the molecule is CCC(CNC)C(N)c1cc(Cl)ccc1F. The lowest BCUT2D eigenvalue weighted by atomic mass is 9.91. The van der Waals surface area contributed by atoms with Crippen LogP contribution in [0.15, 0.2) is 18.2 Å². The van der Waals surface area contributed by atoms with Crippen molar-refractivity contribution in [3.63, 3.8) is 0 Å². The van der Waals surface area contributed by atoms with Gasteiger partial charge in [-0.3, -0.25) is 0 Å². The van der Waals surface area contributed by atoms with Gasteiger partial charge >= 0.3 is 0 Å². The van der Waals surface area contributed by atoms with E-state index in [1.807, 2.05) is 14.0 Å². The predicted molar refractivity (Wildman–Crippen MR) is 66.0 cm³/mol. The van der Waals surface area contributed by atoms with Crippen LogP contribution in [0.2, 0.25) is 5.02 Å². The van der Waals surface area contributed by atoms with E-state index in [-0.39, 0.29) is 17.8 Å². The zero-order valence-electron chi connectivity index (χ0n) is 9.63. The van der Waals surface area contributed by atoms with Gasteiger partial charge in [-0.2, -0.15) is 0 Å². The molecule has 0 saturated carbocycles. The van der Waals surface area contributed by atoms with Crippen molar-refractivity contribution in [2.45, 2.75) is 19.4 Å². The van der Waals surface area contributed by atoms with E-state index in [0.717, 1.165) is 13.0 Å². The van der Waals surface area contributed by atoms with Crippen LogP contribution in [-0.2, 0) is 0 Å². The maximum absolute atomic E-state index is 13.6. The minimum absolute atomic E-state index is 0.206. The number of halogens is 2. The third-order valence-corrected chi connectivity index (χ3v) is 3.05. The Kier molecular flexibility index (Phi) is 5.19. The van der Waals surface area contributed by atoms with Crippen molar-refractivity contribution < 1.29 is 4.39 Å². The fourth-order valence-corrected chi connectivity index (χ4v) is 1.99. The number of nitrogens with one attached hydrogen (secondary N) is 1. The van der Waals surface area contributed by atoms with E-state index >= 15 is 0 Å². The Morgan fingerprint density at radius 1 is 1.50 bits per heavy atom. The molecule has 0 spiro atoms. The molecule has 0 aliphatic rings. The van der Waals surface area contributed by atoms with Gasteiger partial charge in [0.25, 0.3) is 0 Å². The maximum Gasteiger partial charge on any atom is 0.128 e. The summed E-state index contributed by atoms with van der Waals surface area (Å²) < 4.78 is 13.6. The molecule has 0 amide bonds. The maximum atomic E-state index is 13.6. The highest BCUT2D eigenvalue weighted by molar-refractivity contribution is 6.30. The van der Waals surface area contributed by atoms with Gasteiger partial charge in [-0.1, -0.05) is 24.9 Å². The quantitative estimate of drug-likeness (QED) is 0.836. The van der Waals surface area contributed by atoms with Crippen LogP contribution in [0.5, 0.6) is 0 Å².